The first-order valence-corrected chi connectivity index (χ1v) is 12.1. The number of nitrogens with one attached hydrogen (secondary N) is 1. The quantitative estimate of drug-likeness (QED) is 0.253. The van der Waals surface area contributed by atoms with Crippen molar-refractivity contribution in [2.75, 3.05) is 20.3 Å². The Morgan fingerprint density at radius 3 is 2.67 bits per heavy atom. The van der Waals surface area contributed by atoms with Crippen LogP contribution >= 0.6 is 27.7 Å². The number of carbonyl (C=O) groups excluding carboxylic acids is 2. The van der Waals surface area contributed by atoms with Gasteiger partial charge in [-0.2, -0.15) is 0 Å². The summed E-state index contributed by atoms with van der Waals surface area (Å²) in [5.41, 5.74) is 1.46. The standard InChI is InChI=1S/C23H27BrFN3O4S/c1-5-31-18(29)10-8-9-17-19(23(30)32-6-2)20(15-12-11-14(25)13-16(15)24)28-21(27-17)22(26-4)33-7-3/h7,11-13,20H,3,5-6,8-10H2,1-2,4H3,(H,27,28). The van der Waals surface area contributed by atoms with Gasteiger partial charge < -0.3 is 14.8 Å². The molecule has 0 radical (unpaired) electrons. The average molecular weight is 540 g/mol. The smallest absolute Gasteiger partial charge is 0.338 e. The van der Waals surface area contributed by atoms with Gasteiger partial charge in [-0.25, -0.2) is 9.18 Å². The maximum atomic E-state index is 13.8. The second-order valence-electron chi connectivity index (χ2n) is 6.76. The third kappa shape index (κ3) is 7.26. The van der Waals surface area contributed by atoms with E-state index in [1.54, 1.807) is 32.4 Å². The molecule has 1 unspecified atom stereocenters. The highest BCUT2D eigenvalue weighted by atomic mass is 79.9. The zero-order valence-electron chi connectivity index (χ0n) is 18.8. The molecule has 0 fully saturated rings. The van der Waals surface area contributed by atoms with Crippen LogP contribution in [0.3, 0.4) is 0 Å². The highest BCUT2D eigenvalue weighted by molar-refractivity contribution is 9.10. The molecule has 0 saturated carbocycles. The summed E-state index contributed by atoms with van der Waals surface area (Å²) in [6.07, 6.45) is 1.02. The van der Waals surface area contributed by atoms with Gasteiger partial charge in [0.1, 0.15) is 16.9 Å². The summed E-state index contributed by atoms with van der Waals surface area (Å²) in [6, 6.07) is 3.45. The number of allylic oxidation sites excluding steroid dienone is 1. The van der Waals surface area contributed by atoms with E-state index in [1.165, 1.54) is 23.9 Å². The molecule has 0 aromatic heterocycles. The lowest BCUT2D eigenvalue weighted by Crippen LogP contribution is -2.37. The molecule has 1 aliphatic heterocycles. The zero-order chi connectivity index (χ0) is 24.4. The number of ether oxygens (including phenoxy) is 2. The number of rotatable bonds is 10. The Balaban J connectivity index is 2.57. The molecule has 33 heavy (non-hydrogen) atoms. The molecule has 1 atom stereocenters. The lowest BCUT2D eigenvalue weighted by molar-refractivity contribution is -0.143. The molecule has 1 heterocycles. The Morgan fingerprint density at radius 1 is 1.33 bits per heavy atom. The topological polar surface area (TPSA) is 89.4 Å². The highest BCUT2D eigenvalue weighted by Crippen LogP contribution is 2.37. The fourth-order valence-electron chi connectivity index (χ4n) is 3.24. The Hall–Kier alpha value is -2.46. The SMILES string of the molecule is C=CSC(=NC)C1=NC(c2ccc(F)cc2Br)C(C(=O)OCC)=C(CCCC(=O)OCC)N1. The van der Waals surface area contributed by atoms with Crippen LogP contribution in [0.5, 0.6) is 0 Å². The molecule has 0 saturated heterocycles. The molecular formula is C23H27BrFN3O4S. The van der Waals surface area contributed by atoms with Crippen molar-refractivity contribution < 1.29 is 23.5 Å². The predicted molar refractivity (Wildman–Crippen MR) is 133 cm³/mol. The van der Waals surface area contributed by atoms with Crippen molar-refractivity contribution in [2.24, 2.45) is 9.98 Å². The number of esters is 2. The van der Waals surface area contributed by atoms with Crippen molar-refractivity contribution in [2.45, 2.75) is 39.2 Å². The van der Waals surface area contributed by atoms with Gasteiger partial charge in [-0.3, -0.25) is 14.8 Å². The van der Waals surface area contributed by atoms with Gasteiger partial charge in [-0.15, -0.1) is 0 Å². The largest absolute Gasteiger partial charge is 0.466 e. The van der Waals surface area contributed by atoms with Crippen molar-refractivity contribution in [1.29, 1.82) is 0 Å². The molecule has 2 rings (SSSR count). The van der Waals surface area contributed by atoms with E-state index < -0.39 is 17.8 Å². The van der Waals surface area contributed by atoms with E-state index in [9.17, 15) is 14.0 Å². The third-order valence-corrected chi connectivity index (χ3v) is 6.04. The second kappa shape index (κ2) is 13.3. The van der Waals surface area contributed by atoms with Gasteiger partial charge in [0.25, 0.3) is 0 Å². The fraction of sp³-hybridized carbons (Fsp3) is 0.391. The number of nitrogens with zero attached hydrogens (tertiary/aromatic N) is 2. The van der Waals surface area contributed by atoms with E-state index in [4.69, 9.17) is 14.5 Å². The molecule has 1 N–H and O–H groups in total. The van der Waals surface area contributed by atoms with Gasteiger partial charge >= 0.3 is 11.9 Å². The summed E-state index contributed by atoms with van der Waals surface area (Å²) in [5, 5.41) is 5.40. The molecule has 0 amide bonds. The first-order chi connectivity index (χ1) is 15.9. The lowest BCUT2D eigenvalue weighted by Gasteiger charge is -2.28. The van der Waals surface area contributed by atoms with Crippen LogP contribution in [0, 0.1) is 5.82 Å². The summed E-state index contributed by atoms with van der Waals surface area (Å²) in [5.74, 6) is -0.816. The number of thioether (sulfide) groups is 1. The number of hydrogen-bond acceptors (Lipinski definition) is 8. The zero-order valence-corrected chi connectivity index (χ0v) is 21.2. The molecule has 1 aromatic carbocycles. The van der Waals surface area contributed by atoms with Crippen LogP contribution in [-0.2, 0) is 19.1 Å². The second-order valence-corrected chi connectivity index (χ2v) is 8.57. The summed E-state index contributed by atoms with van der Waals surface area (Å²) in [6.45, 7) is 7.68. The van der Waals surface area contributed by atoms with E-state index in [0.29, 0.717) is 51.6 Å². The van der Waals surface area contributed by atoms with Gasteiger partial charge in [0, 0.05) is 23.6 Å². The van der Waals surface area contributed by atoms with Gasteiger partial charge in [0.2, 0.25) is 0 Å². The van der Waals surface area contributed by atoms with E-state index in [-0.39, 0.29) is 19.0 Å². The van der Waals surface area contributed by atoms with Gasteiger partial charge in [0.05, 0.1) is 18.8 Å². The van der Waals surface area contributed by atoms with Crippen molar-refractivity contribution in [1.82, 2.24) is 5.32 Å². The molecule has 7 nitrogen and oxygen atoms in total. The minimum atomic E-state index is -0.768. The summed E-state index contributed by atoms with van der Waals surface area (Å²) in [4.78, 5) is 33.9. The molecule has 0 spiro atoms. The minimum absolute atomic E-state index is 0.181. The van der Waals surface area contributed by atoms with Crippen molar-refractivity contribution >= 4 is 50.5 Å². The third-order valence-electron chi connectivity index (χ3n) is 4.59. The summed E-state index contributed by atoms with van der Waals surface area (Å²) in [7, 11) is 1.63. The van der Waals surface area contributed by atoms with Gasteiger partial charge in [-0.1, -0.05) is 40.3 Å². The first kappa shape index (κ1) is 26.8. The van der Waals surface area contributed by atoms with Crippen LogP contribution in [0.1, 0.15) is 44.7 Å². The first-order valence-electron chi connectivity index (χ1n) is 10.5. The Morgan fingerprint density at radius 2 is 2.06 bits per heavy atom. The number of aliphatic imine (C=N–C) groups is 2. The van der Waals surface area contributed by atoms with Crippen molar-refractivity contribution in [3.8, 4) is 0 Å². The molecule has 0 aliphatic carbocycles. The number of halogens is 2. The van der Waals surface area contributed by atoms with E-state index in [1.807, 2.05) is 0 Å². The maximum Gasteiger partial charge on any atom is 0.338 e. The average Bonchev–Trinajstić information content (AvgIpc) is 2.77. The monoisotopic (exact) mass is 539 g/mol. The molecular weight excluding hydrogens is 513 g/mol. The molecule has 0 bridgehead atoms. The Labute approximate surface area is 205 Å². The lowest BCUT2D eigenvalue weighted by atomic mass is 9.94. The Kier molecular flexibility index (Phi) is 10.8. The number of carbonyl (C=O) groups is 2. The van der Waals surface area contributed by atoms with Gasteiger partial charge in [0.15, 0.2) is 5.84 Å². The van der Waals surface area contributed by atoms with E-state index in [0.717, 1.165) is 0 Å². The molecule has 1 aromatic rings. The summed E-state index contributed by atoms with van der Waals surface area (Å²) >= 11 is 4.67. The maximum absolute atomic E-state index is 13.8. The normalized spacial score (nSPS) is 16.1. The molecule has 178 valence electrons. The van der Waals surface area contributed by atoms with Crippen LogP contribution < -0.4 is 5.32 Å². The van der Waals surface area contributed by atoms with Gasteiger partial charge in [-0.05, 0) is 49.8 Å². The molecule has 1 aliphatic rings. The number of benzene rings is 1. The fourth-order valence-corrected chi connectivity index (χ4v) is 4.28. The van der Waals surface area contributed by atoms with Crippen LogP contribution in [0.15, 0.2) is 55.9 Å². The minimum Gasteiger partial charge on any atom is -0.466 e. The predicted octanol–water partition coefficient (Wildman–Crippen LogP) is 5.09. The Bertz CT molecular complexity index is 994. The van der Waals surface area contributed by atoms with E-state index >= 15 is 0 Å². The van der Waals surface area contributed by atoms with Crippen LogP contribution in [0.4, 0.5) is 4.39 Å². The van der Waals surface area contributed by atoms with Crippen LogP contribution in [0.25, 0.3) is 0 Å². The highest BCUT2D eigenvalue weighted by Gasteiger charge is 2.34. The number of hydrogen-bond donors (Lipinski definition) is 1. The van der Waals surface area contributed by atoms with E-state index in [2.05, 4.69) is 32.8 Å². The van der Waals surface area contributed by atoms with Crippen molar-refractivity contribution in [3.63, 3.8) is 0 Å². The van der Waals surface area contributed by atoms with Crippen molar-refractivity contribution in [3.05, 3.63) is 57.3 Å². The van der Waals surface area contributed by atoms with Crippen LogP contribution in [-0.4, -0.2) is 43.1 Å². The molecule has 10 heteroatoms. The van der Waals surface area contributed by atoms with Crippen LogP contribution in [0.2, 0.25) is 0 Å². The number of amidine groups is 1. The summed E-state index contributed by atoms with van der Waals surface area (Å²) < 4.78 is 24.6.